The van der Waals surface area contributed by atoms with Crippen molar-refractivity contribution in [3.05, 3.63) is 29.8 Å². The SMILES string of the molecule is CN1CCN(S(=O)(=O)c2cccc(C(=O)NCC3(N(C)C)CCCCC3)c2)CC1. The molecule has 0 unspecified atom stereocenters. The molecule has 29 heavy (non-hydrogen) atoms. The molecular weight excluding hydrogens is 388 g/mol. The molecule has 0 bridgehead atoms. The van der Waals surface area contributed by atoms with Crippen LogP contribution in [0.25, 0.3) is 0 Å². The van der Waals surface area contributed by atoms with Crippen molar-refractivity contribution < 1.29 is 13.2 Å². The van der Waals surface area contributed by atoms with Gasteiger partial charge in [0.25, 0.3) is 5.91 Å². The van der Waals surface area contributed by atoms with E-state index in [0.29, 0.717) is 38.3 Å². The van der Waals surface area contributed by atoms with Crippen LogP contribution < -0.4 is 5.32 Å². The van der Waals surface area contributed by atoms with Gasteiger partial charge >= 0.3 is 0 Å². The second kappa shape index (κ2) is 9.12. The maximum absolute atomic E-state index is 13.0. The Bertz CT molecular complexity index is 811. The first-order chi connectivity index (χ1) is 13.7. The van der Waals surface area contributed by atoms with E-state index >= 15 is 0 Å². The first kappa shape index (κ1) is 22.2. The number of likely N-dealkylation sites (N-methyl/N-ethyl adjacent to an activating group) is 2. The van der Waals surface area contributed by atoms with Crippen LogP contribution in [0.1, 0.15) is 42.5 Å². The molecule has 2 fully saturated rings. The molecule has 2 aliphatic rings. The van der Waals surface area contributed by atoms with Gasteiger partial charge in [-0.3, -0.25) is 4.79 Å². The molecule has 162 valence electrons. The summed E-state index contributed by atoms with van der Waals surface area (Å²) in [4.78, 5) is 17.3. The number of amides is 1. The average molecular weight is 423 g/mol. The standard InChI is InChI=1S/C21H34N4O3S/c1-23(2)21(10-5-4-6-11-21)17-22-20(26)18-8-7-9-19(16-18)29(27,28)25-14-12-24(3)13-15-25/h7-9,16H,4-6,10-15,17H2,1-3H3,(H,22,26). The van der Waals surface area contributed by atoms with Crippen LogP contribution in [-0.2, 0) is 10.0 Å². The molecule has 1 aliphatic carbocycles. The van der Waals surface area contributed by atoms with Gasteiger partial charge in [-0.1, -0.05) is 25.3 Å². The van der Waals surface area contributed by atoms with Crippen LogP contribution in [0.2, 0.25) is 0 Å². The molecule has 1 N–H and O–H groups in total. The molecule has 7 nitrogen and oxygen atoms in total. The summed E-state index contributed by atoms with van der Waals surface area (Å²) in [7, 11) is 2.54. The summed E-state index contributed by atoms with van der Waals surface area (Å²) < 4.78 is 27.5. The smallest absolute Gasteiger partial charge is 0.251 e. The van der Waals surface area contributed by atoms with Crippen LogP contribution in [0.3, 0.4) is 0 Å². The minimum Gasteiger partial charge on any atom is -0.350 e. The summed E-state index contributed by atoms with van der Waals surface area (Å²) in [5.41, 5.74) is 0.377. The topological polar surface area (TPSA) is 73.0 Å². The molecule has 1 heterocycles. The van der Waals surface area contributed by atoms with E-state index in [0.717, 1.165) is 12.8 Å². The van der Waals surface area contributed by atoms with Crippen molar-refractivity contribution in [3.63, 3.8) is 0 Å². The third-order valence-corrected chi connectivity index (χ3v) is 8.40. The molecule has 0 atom stereocenters. The Hall–Kier alpha value is -1.48. The van der Waals surface area contributed by atoms with Gasteiger partial charge in [0.15, 0.2) is 0 Å². The van der Waals surface area contributed by atoms with Crippen LogP contribution in [0, 0.1) is 0 Å². The lowest BCUT2D eigenvalue weighted by Gasteiger charge is -2.43. The molecule has 8 heteroatoms. The van der Waals surface area contributed by atoms with Gasteiger partial charge in [0.1, 0.15) is 0 Å². The first-order valence-electron chi connectivity index (χ1n) is 10.5. The Morgan fingerprint density at radius 3 is 2.38 bits per heavy atom. The van der Waals surface area contributed by atoms with Crippen LogP contribution in [-0.4, -0.2) is 87.8 Å². The number of hydrogen-bond acceptors (Lipinski definition) is 5. The molecule has 0 spiro atoms. The summed E-state index contributed by atoms with van der Waals surface area (Å²) in [6.07, 6.45) is 5.73. The van der Waals surface area contributed by atoms with Gasteiger partial charge in [0.2, 0.25) is 10.0 Å². The third kappa shape index (κ3) is 4.99. The largest absolute Gasteiger partial charge is 0.350 e. The van der Waals surface area contributed by atoms with Gasteiger partial charge in [-0.15, -0.1) is 0 Å². The van der Waals surface area contributed by atoms with Crippen molar-refractivity contribution in [2.75, 3.05) is 53.9 Å². The van der Waals surface area contributed by atoms with E-state index in [1.165, 1.54) is 29.6 Å². The van der Waals surface area contributed by atoms with E-state index < -0.39 is 10.0 Å². The molecule has 3 rings (SSSR count). The van der Waals surface area contributed by atoms with Crippen molar-refractivity contribution in [1.82, 2.24) is 19.4 Å². The summed E-state index contributed by atoms with van der Waals surface area (Å²) in [5, 5.41) is 3.06. The van der Waals surface area contributed by atoms with E-state index in [-0.39, 0.29) is 16.3 Å². The van der Waals surface area contributed by atoms with Crippen molar-refractivity contribution >= 4 is 15.9 Å². The molecule has 0 aromatic heterocycles. The molecule has 1 aliphatic heterocycles. The highest BCUT2D eigenvalue weighted by molar-refractivity contribution is 7.89. The van der Waals surface area contributed by atoms with Crippen molar-refractivity contribution in [1.29, 1.82) is 0 Å². The fourth-order valence-electron chi connectivity index (χ4n) is 4.31. The van der Waals surface area contributed by atoms with Crippen LogP contribution in [0.15, 0.2) is 29.2 Å². The molecule has 0 radical (unpaired) electrons. The van der Waals surface area contributed by atoms with Gasteiger partial charge in [-0.2, -0.15) is 4.31 Å². The number of piperazine rings is 1. The van der Waals surface area contributed by atoms with Crippen molar-refractivity contribution in [2.24, 2.45) is 0 Å². The van der Waals surface area contributed by atoms with Gasteiger partial charge in [-0.05, 0) is 52.2 Å². The van der Waals surface area contributed by atoms with E-state index in [4.69, 9.17) is 0 Å². The Balaban J connectivity index is 1.71. The minimum absolute atomic E-state index is 0.0164. The van der Waals surface area contributed by atoms with Crippen LogP contribution in [0.4, 0.5) is 0 Å². The normalized spacial score (nSPS) is 21.2. The van der Waals surface area contributed by atoms with Crippen molar-refractivity contribution in [3.8, 4) is 0 Å². The number of sulfonamides is 1. The zero-order valence-electron chi connectivity index (χ0n) is 17.9. The highest BCUT2D eigenvalue weighted by atomic mass is 32.2. The lowest BCUT2D eigenvalue weighted by atomic mass is 9.80. The minimum atomic E-state index is -3.58. The number of hydrogen-bond donors (Lipinski definition) is 1. The predicted molar refractivity (Wildman–Crippen MR) is 115 cm³/mol. The van der Waals surface area contributed by atoms with E-state index in [1.807, 2.05) is 7.05 Å². The highest BCUT2D eigenvalue weighted by Gasteiger charge is 2.34. The fourth-order valence-corrected chi connectivity index (χ4v) is 5.78. The Morgan fingerprint density at radius 2 is 1.76 bits per heavy atom. The number of rotatable bonds is 6. The molecular formula is C21H34N4O3S. The van der Waals surface area contributed by atoms with E-state index in [2.05, 4.69) is 29.2 Å². The molecule has 1 saturated heterocycles. The number of nitrogens with one attached hydrogen (secondary N) is 1. The van der Waals surface area contributed by atoms with Crippen molar-refractivity contribution in [2.45, 2.75) is 42.5 Å². The van der Waals surface area contributed by atoms with E-state index in [1.54, 1.807) is 18.2 Å². The maximum atomic E-state index is 13.0. The summed E-state index contributed by atoms with van der Waals surface area (Å²) in [6.45, 7) is 2.95. The number of nitrogens with zero attached hydrogens (tertiary/aromatic N) is 3. The lowest BCUT2D eigenvalue weighted by molar-refractivity contribution is 0.0799. The molecule has 1 aromatic rings. The lowest BCUT2D eigenvalue weighted by Crippen LogP contribution is -2.53. The average Bonchev–Trinajstić information content (AvgIpc) is 2.73. The quantitative estimate of drug-likeness (QED) is 0.754. The molecule has 1 amide bonds. The van der Waals surface area contributed by atoms with Gasteiger partial charge in [-0.25, -0.2) is 8.42 Å². The summed E-state index contributed by atoms with van der Waals surface area (Å²) in [5.74, 6) is -0.216. The maximum Gasteiger partial charge on any atom is 0.251 e. The number of carbonyl (C=O) groups is 1. The summed E-state index contributed by atoms with van der Waals surface area (Å²) >= 11 is 0. The summed E-state index contributed by atoms with van der Waals surface area (Å²) in [6, 6.07) is 6.42. The number of carbonyl (C=O) groups excluding carboxylic acids is 1. The monoisotopic (exact) mass is 422 g/mol. The zero-order chi connectivity index (χ0) is 21.1. The second-order valence-electron chi connectivity index (χ2n) is 8.60. The van der Waals surface area contributed by atoms with Gasteiger partial charge in [0.05, 0.1) is 4.90 Å². The number of benzene rings is 1. The third-order valence-electron chi connectivity index (χ3n) is 6.51. The molecule has 1 aromatic carbocycles. The molecule has 1 saturated carbocycles. The Labute approximate surface area is 175 Å². The highest BCUT2D eigenvalue weighted by Crippen LogP contribution is 2.31. The van der Waals surface area contributed by atoms with E-state index in [9.17, 15) is 13.2 Å². The van der Waals surface area contributed by atoms with Gasteiger partial charge < -0.3 is 15.1 Å². The predicted octanol–water partition coefficient (Wildman–Crippen LogP) is 1.62. The Morgan fingerprint density at radius 1 is 1.10 bits per heavy atom. The van der Waals surface area contributed by atoms with Crippen LogP contribution in [0.5, 0.6) is 0 Å². The fraction of sp³-hybridized carbons (Fsp3) is 0.667. The Kier molecular flexibility index (Phi) is 6.98. The van der Waals surface area contributed by atoms with Gasteiger partial charge in [0, 0.05) is 43.8 Å². The first-order valence-corrected chi connectivity index (χ1v) is 11.9. The second-order valence-corrected chi connectivity index (χ2v) is 10.5. The van der Waals surface area contributed by atoms with Crippen LogP contribution >= 0.6 is 0 Å². The zero-order valence-corrected chi connectivity index (χ0v) is 18.7.